The zero-order valence-electron chi connectivity index (χ0n) is 28.5. The molecule has 5 heteroatoms. The van der Waals surface area contributed by atoms with Crippen LogP contribution in [0.15, 0.2) is 145 Å². The van der Waals surface area contributed by atoms with Crippen molar-refractivity contribution in [3.63, 3.8) is 0 Å². The van der Waals surface area contributed by atoms with Gasteiger partial charge in [-0.15, -0.1) is 0 Å². The molecule has 0 aliphatic rings. The fourth-order valence-electron chi connectivity index (χ4n) is 6.75. The van der Waals surface area contributed by atoms with Crippen LogP contribution in [0.1, 0.15) is 45.7 Å². The van der Waals surface area contributed by atoms with Crippen LogP contribution in [0.4, 0.5) is 0 Å². The monoisotopic (exact) mass is 638 g/mol. The number of fused-ring (bicyclic) bond motifs is 4. The topological polar surface area (TPSA) is 35.9 Å². The maximum atomic E-state index is 6.64. The van der Waals surface area contributed by atoms with E-state index in [1.165, 1.54) is 16.5 Å². The van der Waals surface area contributed by atoms with Gasteiger partial charge in [-0.1, -0.05) is 99.1 Å². The lowest BCUT2D eigenvalue weighted by molar-refractivity contribution is -0.572. The highest BCUT2D eigenvalue weighted by Crippen LogP contribution is 2.36. The van der Waals surface area contributed by atoms with E-state index in [1.54, 1.807) is 0 Å². The third-order valence-corrected chi connectivity index (χ3v) is 9.10. The Labute approximate surface area is 287 Å². The van der Waals surface area contributed by atoms with Crippen LogP contribution in [0.25, 0.3) is 50.0 Å². The van der Waals surface area contributed by atoms with Crippen molar-refractivity contribution in [2.75, 3.05) is 0 Å². The number of para-hydroxylation sites is 4. The summed E-state index contributed by atoms with van der Waals surface area (Å²) < 4.78 is 13.2. The summed E-state index contributed by atoms with van der Waals surface area (Å²) in [5.74, 6) is 2.42. The lowest BCUT2D eigenvalue weighted by atomic mass is 9.88. The summed E-state index contributed by atoms with van der Waals surface area (Å²) >= 11 is 0. The molecule has 0 bridgehead atoms. The first-order chi connectivity index (χ1) is 23.8. The summed E-state index contributed by atoms with van der Waals surface area (Å²) in [6.07, 6.45) is 5.56. The van der Waals surface area contributed by atoms with Gasteiger partial charge >= 0.3 is 0 Å². The van der Waals surface area contributed by atoms with E-state index < -0.39 is 0 Å². The van der Waals surface area contributed by atoms with Crippen molar-refractivity contribution >= 4 is 38.5 Å². The van der Waals surface area contributed by atoms with Crippen LogP contribution in [0.3, 0.4) is 0 Å². The third kappa shape index (κ3) is 5.47. The first kappa shape index (κ1) is 30.4. The molecule has 0 fully saturated rings. The molecular weight excluding hydrogens is 601 g/mol. The molecule has 240 valence electrons. The molecule has 0 unspecified atom stereocenters. The smallest absolute Gasteiger partial charge is 0.269 e. The minimum absolute atomic E-state index is 0.00633. The number of nitrogens with zero attached hydrogens (tertiary/aromatic N) is 4. The highest BCUT2D eigenvalue weighted by Gasteiger charge is 2.19. The van der Waals surface area contributed by atoms with Gasteiger partial charge in [0.15, 0.2) is 0 Å². The summed E-state index contributed by atoms with van der Waals surface area (Å²) in [4.78, 5) is 4.84. The van der Waals surface area contributed by atoms with Gasteiger partial charge in [-0.05, 0) is 85.0 Å². The van der Waals surface area contributed by atoms with Crippen LogP contribution < -0.4 is 9.30 Å². The summed E-state index contributed by atoms with van der Waals surface area (Å²) in [6.45, 7) is 11.0. The molecule has 8 rings (SSSR count). The van der Waals surface area contributed by atoms with Gasteiger partial charge in [-0.2, -0.15) is 0 Å². The summed E-state index contributed by atoms with van der Waals surface area (Å²) in [5.41, 5.74) is 9.94. The highest BCUT2D eigenvalue weighted by atomic mass is 16.5. The largest absolute Gasteiger partial charge is 0.457 e. The molecule has 5 aromatic carbocycles. The van der Waals surface area contributed by atoms with Crippen molar-refractivity contribution in [3.05, 3.63) is 163 Å². The standard InChI is InChI=1S/C44H38N4O/c1-30(2)43(47-29-46(33-15-7-6-8-16-33)39-20-11-12-21-40(39)47)31-14-13-17-34(26-31)49-35-22-23-37-36-18-9-10-19-38(36)48(41(37)28-35)42-27-32(24-25-45-42)44(3,4)5/h6-28H,1-5H3. The molecule has 3 heterocycles. The first-order valence-electron chi connectivity index (χ1n) is 16.7. The van der Waals surface area contributed by atoms with Crippen LogP contribution in [0.2, 0.25) is 0 Å². The molecule has 0 amide bonds. The Morgan fingerprint density at radius 1 is 0.673 bits per heavy atom. The first-order valence-corrected chi connectivity index (χ1v) is 16.7. The second kappa shape index (κ2) is 11.9. The van der Waals surface area contributed by atoms with Crippen molar-refractivity contribution in [1.82, 2.24) is 14.1 Å². The van der Waals surface area contributed by atoms with E-state index in [1.807, 2.05) is 18.3 Å². The van der Waals surface area contributed by atoms with E-state index in [9.17, 15) is 0 Å². The molecule has 0 saturated carbocycles. The lowest BCUT2D eigenvalue weighted by Gasteiger charge is -2.20. The average molecular weight is 639 g/mol. The lowest BCUT2D eigenvalue weighted by Crippen LogP contribution is -2.29. The molecule has 49 heavy (non-hydrogen) atoms. The van der Waals surface area contributed by atoms with Crippen LogP contribution in [-0.4, -0.2) is 14.1 Å². The molecule has 0 radical (unpaired) electrons. The van der Waals surface area contributed by atoms with Crippen molar-refractivity contribution < 1.29 is 9.30 Å². The number of ether oxygens (including phenoxy) is 1. The molecule has 8 aromatic rings. The minimum atomic E-state index is 0.00633. The Hall–Kier alpha value is -5.94. The highest BCUT2D eigenvalue weighted by molar-refractivity contribution is 6.09. The van der Waals surface area contributed by atoms with Gasteiger partial charge in [0.2, 0.25) is 0 Å². The minimum Gasteiger partial charge on any atom is -0.457 e. The van der Waals surface area contributed by atoms with Gasteiger partial charge in [0, 0.05) is 23.0 Å². The molecule has 0 aliphatic heterocycles. The number of aromatic nitrogens is 4. The number of hydrogen-bond donors (Lipinski definition) is 0. The molecule has 3 aromatic heterocycles. The Morgan fingerprint density at radius 3 is 2.18 bits per heavy atom. The van der Waals surface area contributed by atoms with Gasteiger partial charge in [-0.25, -0.2) is 4.98 Å². The molecule has 0 atom stereocenters. The van der Waals surface area contributed by atoms with E-state index in [2.05, 4.69) is 176 Å². The summed E-state index contributed by atoms with van der Waals surface area (Å²) in [5, 5.41) is 2.35. The maximum Gasteiger partial charge on any atom is 0.269 e. The molecule has 0 saturated heterocycles. The van der Waals surface area contributed by atoms with E-state index in [0.29, 0.717) is 0 Å². The summed E-state index contributed by atoms with van der Waals surface area (Å²) in [6, 6.07) is 46.3. The number of pyridine rings is 1. The van der Waals surface area contributed by atoms with E-state index >= 15 is 0 Å². The van der Waals surface area contributed by atoms with Crippen LogP contribution in [-0.2, 0) is 5.41 Å². The normalized spacial score (nSPS) is 11.8. The maximum absolute atomic E-state index is 6.64. The Bertz CT molecular complexity index is 2520. The third-order valence-electron chi connectivity index (χ3n) is 9.10. The number of rotatable bonds is 6. The average Bonchev–Trinajstić information content (AvgIpc) is 3.64. The van der Waals surface area contributed by atoms with Crippen molar-refractivity contribution in [2.24, 2.45) is 0 Å². The zero-order valence-corrected chi connectivity index (χ0v) is 28.5. The molecule has 5 nitrogen and oxygen atoms in total. The van der Waals surface area contributed by atoms with Crippen LogP contribution >= 0.6 is 0 Å². The van der Waals surface area contributed by atoms with Crippen LogP contribution in [0, 0.1) is 6.33 Å². The zero-order chi connectivity index (χ0) is 33.7. The quantitative estimate of drug-likeness (QED) is 0.134. The number of imidazole rings is 1. The van der Waals surface area contributed by atoms with Gasteiger partial charge in [0.1, 0.15) is 17.3 Å². The number of benzene rings is 5. The Morgan fingerprint density at radius 2 is 1.39 bits per heavy atom. The predicted molar refractivity (Wildman–Crippen MR) is 200 cm³/mol. The van der Waals surface area contributed by atoms with E-state index in [4.69, 9.17) is 9.72 Å². The van der Waals surface area contributed by atoms with Crippen molar-refractivity contribution in [3.8, 4) is 23.0 Å². The molecule has 0 aliphatic carbocycles. The van der Waals surface area contributed by atoms with Gasteiger partial charge in [-0.3, -0.25) is 13.7 Å². The van der Waals surface area contributed by atoms with Gasteiger partial charge in [0.25, 0.3) is 6.33 Å². The number of allylic oxidation sites excluding steroid dienone is 1. The molecule has 0 N–H and O–H groups in total. The van der Waals surface area contributed by atoms with E-state index in [0.717, 1.165) is 61.7 Å². The molecule has 0 spiro atoms. The second-order valence-electron chi connectivity index (χ2n) is 13.8. The SMILES string of the molecule is CC(C)=C(c1cccc(Oc2ccc3c4ccccc4n(-c4cc(C(C)(C)C)ccn4)c3c2)c1)n1[c-][n+](-c2ccccc2)c2ccccc21. The van der Waals surface area contributed by atoms with Gasteiger partial charge in [0.05, 0.1) is 33.5 Å². The van der Waals surface area contributed by atoms with Crippen molar-refractivity contribution in [2.45, 2.75) is 40.0 Å². The fourth-order valence-corrected chi connectivity index (χ4v) is 6.75. The molecular formula is C44H38N4O. The van der Waals surface area contributed by atoms with Gasteiger partial charge < -0.3 is 4.74 Å². The Kier molecular flexibility index (Phi) is 7.41. The van der Waals surface area contributed by atoms with Crippen LogP contribution in [0.5, 0.6) is 11.5 Å². The predicted octanol–water partition coefficient (Wildman–Crippen LogP) is 10.6. The Balaban J connectivity index is 1.21. The fraction of sp³-hybridized carbons (Fsp3) is 0.136. The van der Waals surface area contributed by atoms with Crippen molar-refractivity contribution in [1.29, 1.82) is 0 Å². The second-order valence-corrected chi connectivity index (χ2v) is 13.8. The number of hydrogen-bond acceptors (Lipinski definition) is 2. The van der Waals surface area contributed by atoms with E-state index in [-0.39, 0.29) is 5.41 Å². The summed E-state index contributed by atoms with van der Waals surface area (Å²) in [7, 11) is 0.